The summed E-state index contributed by atoms with van der Waals surface area (Å²) in [7, 11) is 0. The van der Waals surface area contributed by atoms with Crippen LogP contribution in [-0.4, -0.2) is 15.0 Å². The molecule has 0 bridgehead atoms. The molecule has 2 heterocycles. The van der Waals surface area contributed by atoms with Crippen LogP contribution in [0.5, 0.6) is 0 Å². The van der Waals surface area contributed by atoms with E-state index < -0.39 is 0 Å². The minimum Gasteiger partial charge on any atom is -0.208 e. The summed E-state index contributed by atoms with van der Waals surface area (Å²) in [4.78, 5) is 16.4. The summed E-state index contributed by atoms with van der Waals surface area (Å²) in [6.07, 6.45) is 0. The Morgan fingerprint density at radius 3 is 1.49 bits per heavy atom. The van der Waals surface area contributed by atoms with E-state index in [2.05, 4.69) is 133 Å². The molecule has 0 aliphatic carbocycles. The molecule has 0 N–H and O–H groups in total. The van der Waals surface area contributed by atoms with Crippen molar-refractivity contribution < 1.29 is 0 Å². The number of rotatable bonds is 3. The molecule has 0 saturated heterocycles. The highest BCUT2D eigenvalue weighted by Crippen LogP contribution is 2.44. The van der Waals surface area contributed by atoms with Crippen molar-refractivity contribution in [1.29, 1.82) is 0 Å². The normalized spacial score (nSPS) is 12.1. The predicted octanol–water partition coefficient (Wildman–Crippen LogP) is 12.4. The second kappa shape index (κ2) is 10.1. The van der Waals surface area contributed by atoms with E-state index in [4.69, 9.17) is 15.0 Å². The fourth-order valence-corrected chi connectivity index (χ4v) is 8.83. The van der Waals surface area contributed by atoms with Crippen LogP contribution in [0.4, 0.5) is 0 Å². The molecule has 11 rings (SSSR count). The van der Waals surface area contributed by atoms with Crippen LogP contribution in [0, 0.1) is 0 Å². The molecular formula is C45H25N3S. The Labute approximate surface area is 285 Å². The van der Waals surface area contributed by atoms with Gasteiger partial charge in [0.05, 0.1) is 4.88 Å². The number of benzene rings is 8. The van der Waals surface area contributed by atoms with Gasteiger partial charge < -0.3 is 0 Å². The molecule has 2 aromatic heterocycles. The van der Waals surface area contributed by atoms with Crippen LogP contribution in [0.25, 0.3) is 108 Å². The van der Waals surface area contributed by atoms with Gasteiger partial charge in [-0.1, -0.05) is 127 Å². The van der Waals surface area contributed by atoms with Crippen LogP contribution in [0.15, 0.2) is 152 Å². The molecule has 0 spiro atoms. The molecular weight excluding hydrogens is 615 g/mol. The van der Waals surface area contributed by atoms with Gasteiger partial charge in [-0.3, -0.25) is 0 Å². The molecule has 11 aromatic rings. The Balaban J connectivity index is 1.29. The van der Waals surface area contributed by atoms with Crippen molar-refractivity contribution in [2.45, 2.75) is 0 Å². The minimum atomic E-state index is 0.667. The molecule has 0 amide bonds. The molecule has 4 heteroatoms. The maximum atomic E-state index is 5.21. The summed E-state index contributed by atoms with van der Waals surface area (Å²) in [5.41, 5.74) is 1.94. The first-order valence-corrected chi connectivity index (χ1v) is 17.3. The van der Waals surface area contributed by atoms with Gasteiger partial charge in [0, 0.05) is 15.8 Å². The first-order valence-electron chi connectivity index (χ1n) is 16.5. The fraction of sp³-hybridized carbons (Fsp3) is 0. The Hall–Kier alpha value is -6.23. The molecule has 0 saturated carbocycles. The largest absolute Gasteiger partial charge is 0.208 e. The average molecular weight is 640 g/mol. The van der Waals surface area contributed by atoms with E-state index in [0.29, 0.717) is 17.5 Å². The number of hydrogen-bond donors (Lipinski definition) is 0. The van der Waals surface area contributed by atoms with Crippen molar-refractivity contribution in [2.24, 2.45) is 0 Å². The third-order valence-corrected chi connectivity index (χ3v) is 11.1. The molecule has 0 aliphatic heterocycles. The number of thiophene rings is 1. The summed E-state index contributed by atoms with van der Waals surface area (Å²) >= 11 is 1.72. The van der Waals surface area contributed by atoms with Crippen molar-refractivity contribution in [1.82, 2.24) is 15.0 Å². The van der Waals surface area contributed by atoms with Crippen molar-refractivity contribution in [3.05, 3.63) is 152 Å². The SMILES string of the molecule is c1ccc(-c2nc(-c3cc4ccc5cccc6c7cccc8ccc9cccc(c(c3)c4c56)c9c87)nc(-c3cc4ccccc4s3)n2)cc1. The summed E-state index contributed by atoms with van der Waals surface area (Å²) < 4.78 is 1.22. The fourth-order valence-electron chi connectivity index (χ4n) is 7.84. The Morgan fingerprint density at radius 2 is 0.837 bits per heavy atom. The van der Waals surface area contributed by atoms with Gasteiger partial charge in [0.25, 0.3) is 0 Å². The Morgan fingerprint density at radius 1 is 0.327 bits per heavy atom. The Kier molecular flexibility index (Phi) is 5.54. The average Bonchev–Trinajstić information content (AvgIpc) is 3.61. The highest BCUT2D eigenvalue weighted by Gasteiger charge is 2.19. The molecule has 0 atom stereocenters. The second-order valence-corrected chi connectivity index (χ2v) is 13.9. The number of aromatic nitrogens is 3. The zero-order valence-corrected chi connectivity index (χ0v) is 27.0. The van der Waals surface area contributed by atoms with Gasteiger partial charge >= 0.3 is 0 Å². The van der Waals surface area contributed by atoms with E-state index in [-0.39, 0.29) is 0 Å². The third kappa shape index (κ3) is 3.98. The van der Waals surface area contributed by atoms with Crippen LogP contribution in [0.2, 0.25) is 0 Å². The van der Waals surface area contributed by atoms with E-state index in [1.54, 1.807) is 11.3 Å². The molecule has 49 heavy (non-hydrogen) atoms. The number of fused-ring (bicyclic) bond motifs is 3. The first-order chi connectivity index (χ1) is 24.3. The summed E-state index contributed by atoms with van der Waals surface area (Å²) in [5.74, 6) is 2.03. The van der Waals surface area contributed by atoms with E-state index in [1.807, 2.05) is 18.2 Å². The van der Waals surface area contributed by atoms with Gasteiger partial charge in [-0.15, -0.1) is 11.3 Å². The van der Waals surface area contributed by atoms with Gasteiger partial charge in [-0.05, 0) is 94.3 Å². The summed E-state index contributed by atoms with van der Waals surface area (Å²) in [6, 6.07) is 54.6. The zero-order chi connectivity index (χ0) is 32.1. The van der Waals surface area contributed by atoms with Crippen LogP contribution in [0.3, 0.4) is 0 Å². The van der Waals surface area contributed by atoms with Crippen LogP contribution < -0.4 is 0 Å². The molecule has 3 nitrogen and oxygen atoms in total. The molecule has 0 aliphatic rings. The van der Waals surface area contributed by atoms with Gasteiger partial charge in [-0.25, -0.2) is 15.0 Å². The summed E-state index contributed by atoms with van der Waals surface area (Å²) in [6.45, 7) is 0. The molecule has 0 fully saturated rings. The lowest BCUT2D eigenvalue weighted by Gasteiger charge is -2.17. The standard InChI is InChI=1S/C45H25N3S/c1-2-9-29(10-3-1)43-46-44(48-45(47-43)38-25-30-11-4-5-18-37(30)49-38)32-23-31-22-21-28-13-7-16-34-33-15-6-12-26-19-20-27-14-8-17-35(41(27)39(26)33)36(24-32)42(31)40(28)34/h1-25H. The smallest absolute Gasteiger partial charge is 0.174 e. The van der Waals surface area contributed by atoms with E-state index in [9.17, 15) is 0 Å². The van der Waals surface area contributed by atoms with Gasteiger partial charge in [0.2, 0.25) is 0 Å². The topological polar surface area (TPSA) is 38.7 Å². The molecule has 226 valence electrons. The van der Waals surface area contributed by atoms with Crippen LogP contribution in [0.1, 0.15) is 0 Å². The van der Waals surface area contributed by atoms with Gasteiger partial charge in [0.1, 0.15) is 0 Å². The second-order valence-electron chi connectivity index (χ2n) is 12.8. The molecule has 9 aromatic carbocycles. The van der Waals surface area contributed by atoms with Crippen molar-refractivity contribution in [2.75, 3.05) is 0 Å². The van der Waals surface area contributed by atoms with E-state index >= 15 is 0 Å². The number of nitrogens with zero attached hydrogens (tertiary/aromatic N) is 3. The van der Waals surface area contributed by atoms with Gasteiger partial charge in [0.15, 0.2) is 17.5 Å². The zero-order valence-electron chi connectivity index (χ0n) is 26.2. The van der Waals surface area contributed by atoms with Crippen LogP contribution >= 0.6 is 11.3 Å². The van der Waals surface area contributed by atoms with Crippen molar-refractivity contribution >= 4 is 86.1 Å². The van der Waals surface area contributed by atoms with Crippen molar-refractivity contribution in [3.63, 3.8) is 0 Å². The summed E-state index contributed by atoms with van der Waals surface area (Å²) in [5, 5.41) is 16.2. The quantitative estimate of drug-likeness (QED) is 0.181. The third-order valence-electron chi connectivity index (χ3n) is 10.00. The van der Waals surface area contributed by atoms with E-state index in [0.717, 1.165) is 16.0 Å². The first kappa shape index (κ1) is 26.8. The lowest BCUT2D eigenvalue weighted by molar-refractivity contribution is 1.08. The lowest BCUT2D eigenvalue weighted by atomic mass is 9.87. The maximum Gasteiger partial charge on any atom is 0.174 e. The Bertz CT molecular complexity index is 3070. The monoisotopic (exact) mass is 639 g/mol. The highest BCUT2D eigenvalue weighted by atomic mass is 32.1. The van der Waals surface area contributed by atoms with Crippen molar-refractivity contribution in [3.8, 4) is 33.5 Å². The highest BCUT2D eigenvalue weighted by molar-refractivity contribution is 7.22. The molecule has 0 radical (unpaired) electrons. The predicted molar refractivity (Wildman–Crippen MR) is 208 cm³/mol. The van der Waals surface area contributed by atoms with Crippen LogP contribution in [-0.2, 0) is 0 Å². The van der Waals surface area contributed by atoms with E-state index in [1.165, 1.54) is 74.7 Å². The molecule has 0 unspecified atom stereocenters. The maximum absolute atomic E-state index is 5.21. The van der Waals surface area contributed by atoms with Gasteiger partial charge in [-0.2, -0.15) is 0 Å². The number of hydrogen-bond acceptors (Lipinski definition) is 4. The minimum absolute atomic E-state index is 0.667. The lowest BCUT2D eigenvalue weighted by Crippen LogP contribution is -1.99.